The summed E-state index contributed by atoms with van der Waals surface area (Å²) in [7, 11) is 0. The lowest BCUT2D eigenvalue weighted by atomic mass is 10.1. The number of aryl methyl sites for hydroxylation is 2. The Morgan fingerprint density at radius 3 is 2.82 bits per heavy atom. The van der Waals surface area contributed by atoms with Gasteiger partial charge in [0.05, 0.1) is 6.42 Å². The van der Waals surface area contributed by atoms with Gasteiger partial charge in [-0.3, -0.25) is 4.79 Å². The van der Waals surface area contributed by atoms with Crippen molar-refractivity contribution in [2.45, 2.75) is 13.0 Å². The highest BCUT2D eigenvalue weighted by molar-refractivity contribution is 5.92. The molecule has 0 unspecified atom stereocenters. The molecule has 3 heteroatoms. The first-order chi connectivity index (χ1) is 5.27. The summed E-state index contributed by atoms with van der Waals surface area (Å²) >= 11 is 0. The van der Waals surface area contributed by atoms with E-state index in [1.165, 1.54) is 5.69 Å². The maximum absolute atomic E-state index is 10.7. The summed E-state index contributed by atoms with van der Waals surface area (Å²) in [6.07, 6.45) is 2.92. The van der Waals surface area contributed by atoms with Crippen LogP contribution in [0.2, 0.25) is 0 Å². The van der Waals surface area contributed by atoms with Crippen molar-refractivity contribution >= 4 is 5.91 Å². The van der Waals surface area contributed by atoms with E-state index in [9.17, 15) is 4.79 Å². The van der Waals surface area contributed by atoms with Crippen LogP contribution in [0.1, 0.15) is 16.1 Å². The van der Waals surface area contributed by atoms with Gasteiger partial charge in [0.25, 0.3) is 5.91 Å². The van der Waals surface area contributed by atoms with E-state index in [0.29, 0.717) is 5.56 Å². The molecular formula is C8H9N2O+. The lowest BCUT2D eigenvalue weighted by molar-refractivity contribution is -0.740. The number of hydrogen-bond donors (Lipinski definition) is 1. The zero-order chi connectivity index (χ0) is 7.84. The van der Waals surface area contributed by atoms with Crippen LogP contribution < -0.4 is 10.3 Å². The zero-order valence-corrected chi connectivity index (χ0v) is 6.08. The predicted octanol–water partition coefficient (Wildman–Crippen LogP) is -0.371. The highest BCUT2D eigenvalue weighted by Gasteiger charge is 2.22. The van der Waals surface area contributed by atoms with Crippen LogP contribution in [-0.2, 0) is 13.0 Å². The van der Waals surface area contributed by atoms with E-state index >= 15 is 0 Å². The topological polar surface area (TPSA) is 47.0 Å². The summed E-state index contributed by atoms with van der Waals surface area (Å²) in [5.74, 6) is -0.354. The van der Waals surface area contributed by atoms with Crippen molar-refractivity contribution < 1.29 is 9.36 Å². The van der Waals surface area contributed by atoms with Crippen LogP contribution in [0.5, 0.6) is 0 Å². The van der Waals surface area contributed by atoms with E-state index in [1.807, 2.05) is 10.6 Å². The Balaban J connectivity index is 2.46. The average Bonchev–Trinajstić information content (AvgIpc) is 1.91. The van der Waals surface area contributed by atoms with Gasteiger partial charge in [0.15, 0.2) is 18.4 Å². The van der Waals surface area contributed by atoms with Crippen molar-refractivity contribution in [2.75, 3.05) is 0 Å². The van der Waals surface area contributed by atoms with Gasteiger partial charge in [-0.15, -0.1) is 0 Å². The number of rotatable bonds is 1. The number of hydrogen-bond acceptors (Lipinski definition) is 1. The third-order valence-corrected chi connectivity index (χ3v) is 2.01. The molecule has 0 saturated carbocycles. The van der Waals surface area contributed by atoms with Crippen LogP contribution in [0.4, 0.5) is 0 Å². The van der Waals surface area contributed by atoms with Crippen molar-refractivity contribution in [3.8, 4) is 0 Å². The highest BCUT2D eigenvalue weighted by Crippen LogP contribution is 2.05. The minimum atomic E-state index is -0.354. The second-order valence-corrected chi connectivity index (χ2v) is 2.72. The van der Waals surface area contributed by atoms with Crippen LogP contribution in [0.15, 0.2) is 18.3 Å². The highest BCUT2D eigenvalue weighted by atomic mass is 16.1. The maximum Gasteiger partial charge on any atom is 0.254 e. The molecule has 3 nitrogen and oxygen atoms in total. The minimum Gasteiger partial charge on any atom is -0.365 e. The van der Waals surface area contributed by atoms with E-state index in [0.717, 1.165) is 13.0 Å². The number of carbonyl (C=O) groups excluding carboxylic acids is 1. The fourth-order valence-electron chi connectivity index (χ4n) is 1.24. The summed E-state index contributed by atoms with van der Waals surface area (Å²) in [5.41, 5.74) is 6.97. The molecule has 1 aromatic heterocycles. The van der Waals surface area contributed by atoms with E-state index in [1.54, 1.807) is 12.3 Å². The largest absolute Gasteiger partial charge is 0.365 e. The van der Waals surface area contributed by atoms with Gasteiger partial charge in [-0.05, 0) is 6.07 Å². The molecule has 1 aliphatic rings. The summed E-state index contributed by atoms with van der Waals surface area (Å²) in [6.45, 7) is 1.01. The lowest BCUT2D eigenvalue weighted by Gasteiger charge is -2.10. The summed E-state index contributed by atoms with van der Waals surface area (Å²) < 4.78 is 2.04. The van der Waals surface area contributed by atoms with Crippen LogP contribution in [0.3, 0.4) is 0 Å². The van der Waals surface area contributed by atoms with Gasteiger partial charge >= 0.3 is 0 Å². The van der Waals surface area contributed by atoms with Gasteiger partial charge in [-0.25, -0.2) is 4.57 Å². The first-order valence-corrected chi connectivity index (χ1v) is 3.59. The lowest BCUT2D eigenvalue weighted by Crippen LogP contribution is -2.49. The Labute approximate surface area is 64.5 Å². The smallest absolute Gasteiger partial charge is 0.254 e. The molecule has 1 amide bonds. The SMILES string of the molecule is NC(=O)c1ccc2[n+](c1)CC2. The fraction of sp³-hybridized carbons (Fsp3) is 0.250. The number of carbonyl (C=O) groups is 1. The quantitative estimate of drug-likeness (QED) is 0.544. The van der Waals surface area contributed by atoms with Crippen molar-refractivity contribution in [3.05, 3.63) is 29.6 Å². The summed E-state index contributed by atoms with van der Waals surface area (Å²) in [5, 5.41) is 0. The number of amides is 1. The van der Waals surface area contributed by atoms with E-state index in [2.05, 4.69) is 0 Å². The Morgan fingerprint density at radius 2 is 2.36 bits per heavy atom. The van der Waals surface area contributed by atoms with Crippen molar-refractivity contribution in [2.24, 2.45) is 5.73 Å². The number of primary amides is 1. The van der Waals surface area contributed by atoms with Gasteiger partial charge in [0.2, 0.25) is 0 Å². The molecule has 11 heavy (non-hydrogen) atoms. The van der Waals surface area contributed by atoms with Gasteiger partial charge in [0.1, 0.15) is 5.56 Å². The number of fused-ring (bicyclic) bond motifs is 1. The van der Waals surface area contributed by atoms with Crippen LogP contribution in [-0.4, -0.2) is 5.91 Å². The molecule has 1 aromatic rings. The van der Waals surface area contributed by atoms with Gasteiger partial charge < -0.3 is 5.73 Å². The van der Waals surface area contributed by atoms with E-state index in [-0.39, 0.29) is 5.91 Å². The number of nitrogens with two attached hydrogens (primary N) is 1. The Kier molecular flexibility index (Phi) is 1.18. The molecule has 0 spiro atoms. The van der Waals surface area contributed by atoms with E-state index in [4.69, 9.17) is 5.73 Å². The second kappa shape index (κ2) is 2.05. The summed E-state index contributed by atoms with van der Waals surface area (Å²) in [4.78, 5) is 10.7. The molecule has 2 heterocycles. The molecule has 0 fully saturated rings. The fourth-order valence-corrected chi connectivity index (χ4v) is 1.24. The van der Waals surface area contributed by atoms with Gasteiger partial charge in [-0.1, -0.05) is 0 Å². The number of aromatic nitrogens is 1. The Hall–Kier alpha value is -1.38. The molecule has 2 rings (SSSR count). The molecule has 0 aromatic carbocycles. The number of nitrogens with zero attached hydrogens (tertiary/aromatic N) is 1. The van der Waals surface area contributed by atoms with Crippen LogP contribution in [0.25, 0.3) is 0 Å². The molecule has 0 aliphatic carbocycles. The monoisotopic (exact) mass is 149 g/mol. The predicted molar refractivity (Wildman–Crippen MR) is 38.9 cm³/mol. The molecule has 0 bridgehead atoms. The molecular weight excluding hydrogens is 140 g/mol. The normalized spacial score (nSPS) is 13.5. The Bertz CT molecular complexity index is 320. The van der Waals surface area contributed by atoms with Crippen molar-refractivity contribution in [1.29, 1.82) is 0 Å². The van der Waals surface area contributed by atoms with Crippen LogP contribution in [0, 0.1) is 0 Å². The average molecular weight is 149 g/mol. The van der Waals surface area contributed by atoms with Crippen molar-refractivity contribution in [1.82, 2.24) is 0 Å². The van der Waals surface area contributed by atoms with Crippen molar-refractivity contribution in [3.63, 3.8) is 0 Å². The first kappa shape index (κ1) is 6.34. The molecule has 56 valence electrons. The zero-order valence-electron chi connectivity index (χ0n) is 6.08. The van der Waals surface area contributed by atoms with E-state index < -0.39 is 0 Å². The first-order valence-electron chi connectivity index (χ1n) is 3.59. The molecule has 2 N–H and O–H groups in total. The number of pyridine rings is 1. The standard InChI is InChI=1S/C8H8N2O/c9-8(11)6-1-2-7-3-4-10(7)5-6/h1-2,5H,3-4H2,(H-,9,11)/p+1. The molecule has 0 atom stereocenters. The van der Waals surface area contributed by atoms with Gasteiger partial charge in [-0.2, -0.15) is 0 Å². The molecule has 0 saturated heterocycles. The molecule has 1 aliphatic heterocycles. The second-order valence-electron chi connectivity index (χ2n) is 2.72. The Morgan fingerprint density at radius 1 is 1.55 bits per heavy atom. The maximum atomic E-state index is 10.7. The van der Waals surface area contributed by atoms with Gasteiger partial charge in [0, 0.05) is 6.07 Å². The third kappa shape index (κ3) is 0.888. The third-order valence-electron chi connectivity index (χ3n) is 2.01. The van der Waals surface area contributed by atoms with Crippen LogP contribution >= 0.6 is 0 Å². The summed E-state index contributed by atoms with van der Waals surface area (Å²) in [6, 6.07) is 3.72. The molecule has 0 radical (unpaired) electrons. The minimum absolute atomic E-state index is 0.354.